The van der Waals surface area contributed by atoms with E-state index in [2.05, 4.69) is 0 Å². The average Bonchev–Trinajstić information content (AvgIpc) is 3.74. The Labute approximate surface area is 193 Å². The topological polar surface area (TPSA) is 97.9 Å². The van der Waals surface area contributed by atoms with Gasteiger partial charge in [0.25, 0.3) is 0 Å². The number of phenolic OH excluding ortho intramolecular Hbond substituents is 1. The van der Waals surface area contributed by atoms with E-state index >= 15 is 0 Å². The lowest BCUT2D eigenvalue weighted by atomic mass is 10.2. The Morgan fingerprint density at radius 1 is 0.818 bits per heavy atom. The van der Waals surface area contributed by atoms with Crippen molar-refractivity contribution in [3.63, 3.8) is 0 Å². The fourth-order valence-electron chi connectivity index (χ4n) is 2.85. The summed E-state index contributed by atoms with van der Waals surface area (Å²) in [5.74, 6) is 1.35. The van der Waals surface area contributed by atoms with Gasteiger partial charge in [-0.05, 0) is 55.5 Å². The molecule has 8 heteroatoms. The van der Waals surface area contributed by atoms with Gasteiger partial charge in [0, 0.05) is 0 Å². The fourth-order valence-corrected chi connectivity index (χ4v) is 4.18. The van der Waals surface area contributed by atoms with Gasteiger partial charge in [0.15, 0.2) is 0 Å². The summed E-state index contributed by atoms with van der Waals surface area (Å²) >= 11 is 0. The van der Waals surface area contributed by atoms with Gasteiger partial charge < -0.3 is 24.1 Å². The van der Waals surface area contributed by atoms with E-state index in [0.29, 0.717) is 43.7 Å². The van der Waals surface area contributed by atoms with E-state index in [4.69, 9.17) is 24.1 Å². The van der Waals surface area contributed by atoms with Crippen molar-refractivity contribution < 1.29 is 32.5 Å². The third-order valence-electron chi connectivity index (χ3n) is 4.94. The van der Waals surface area contributed by atoms with Gasteiger partial charge in [-0.2, -0.15) is 0 Å². The summed E-state index contributed by atoms with van der Waals surface area (Å²) < 4.78 is 47.1. The van der Waals surface area contributed by atoms with Gasteiger partial charge in [-0.25, -0.2) is 8.42 Å². The van der Waals surface area contributed by atoms with E-state index in [9.17, 15) is 8.42 Å². The first kappa shape index (κ1) is 23.1. The molecular formula is C25H26O7S. The number of hydrogen-bond donors (Lipinski definition) is 1. The van der Waals surface area contributed by atoms with Crippen LogP contribution in [0, 0.1) is 6.92 Å². The van der Waals surface area contributed by atoms with Gasteiger partial charge >= 0.3 is 0 Å². The van der Waals surface area contributed by atoms with Crippen molar-refractivity contribution in [3.8, 4) is 17.2 Å². The molecule has 0 spiro atoms. The van der Waals surface area contributed by atoms with E-state index in [1.165, 1.54) is 17.7 Å². The molecule has 0 radical (unpaired) electrons. The van der Waals surface area contributed by atoms with Gasteiger partial charge in [-0.3, -0.25) is 0 Å². The predicted octanol–water partition coefficient (Wildman–Crippen LogP) is 3.78. The van der Waals surface area contributed by atoms with Crippen LogP contribution in [0.15, 0.2) is 82.6 Å². The van der Waals surface area contributed by atoms with Crippen molar-refractivity contribution >= 4 is 9.84 Å². The number of hydrogen-bond acceptors (Lipinski definition) is 7. The monoisotopic (exact) mass is 470 g/mol. The molecule has 3 aromatic carbocycles. The molecule has 0 amide bonds. The molecule has 1 N–H and O–H groups in total. The largest absolute Gasteiger partial charge is 0.508 e. The van der Waals surface area contributed by atoms with Crippen molar-refractivity contribution in [1.82, 2.24) is 0 Å². The lowest BCUT2D eigenvalue weighted by Gasteiger charge is -2.10. The Kier molecular flexibility index (Phi) is 7.17. The van der Waals surface area contributed by atoms with Gasteiger partial charge in [0.1, 0.15) is 42.7 Å². The van der Waals surface area contributed by atoms with E-state index in [1.807, 2.05) is 19.1 Å². The minimum Gasteiger partial charge on any atom is -0.508 e. The molecule has 2 atom stereocenters. The number of aromatic hydroxyl groups is 1. The Balaban J connectivity index is 0.000000275. The number of sulfone groups is 1. The maximum atomic E-state index is 12.9. The molecule has 2 saturated heterocycles. The molecule has 3 aromatic rings. The Morgan fingerprint density at radius 3 is 1.67 bits per heavy atom. The average molecular weight is 471 g/mol. The zero-order chi connectivity index (χ0) is 23.3. The molecular weight excluding hydrogens is 444 g/mol. The first-order valence-electron chi connectivity index (χ1n) is 10.6. The van der Waals surface area contributed by atoms with E-state index in [0.717, 1.165) is 0 Å². The van der Waals surface area contributed by atoms with Gasteiger partial charge in [-0.1, -0.05) is 29.8 Å². The van der Waals surface area contributed by atoms with Crippen LogP contribution in [0.1, 0.15) is 5.56 Å². The number of aryl methyl sites for hydroxylation is 1. The lowest BCUT2D eigenvalue weighted by Crippen LogP contribution is -2.07. The van der Waals surface area contributed by atoms with Crippen LogP contribution in [-0.4, -0.2) is 52.2 Å². The molecule has 0 saturated carbocycles. The first-order chi connectivity index (χ1) is 15.9. The van der Waals surface area contributed by atoms with Crippen molar-refractivity contribution in [1.29, 1.82) is 0 Å². The van der Waals surface area contributed by atoms with Crippen molar-refractivity contribution in [2.24, 2.45) is 0 Å². The van der Waals surface area contributed by atoms with Crippen LogP contribution < -0.4 is 9.47 Å². The number of phenols is 1. The van der Waals surface area contributed by atoms with Crippen LogP contribution in [0.5, 0.6) is 17.2 Å². The van der Waals surface area contributed by atoms with Crippen LogP contribution in [0.4, 0.5) is 0 Å². The fraction of sp³-hybridized carbons (Fsp3) is 0.280. The van der Waals surface area contributed by atoms with Crippen molar-refractivity contribution in [3.05, 3.63) is 78.4 Å². The smallest absolute Gasteiger partial charge is 0.206 e. The molecule has 7 nitrogen and oxygen atoms in total. The highest BCUT2D eigenvalue weighted by Gasteiger charge is 2.25. The standard InChI is InChI=1S/C18H18O6S.C7H8O/c19-25(20,17-5-1-3-13(7-17)21-9-15-11-23-15)18-6-2-4-14(8-18)22-10-16-12-24-16;1-6-2-4-7(8)5-3-6/h1-8,15-16H,9-12H2;2-5,8H,1H3. The zero-order valence-corrected chi connectivity index (χ0v) is 19.0. The normalized spacial score (nSPS) is 18.6. The van der Waals surface area contributed by atoms with Crippen LogP contribution >= 0.6 is 0 Å². The van der Waals surface area contributed by atoms with E-state index in [1.54, 1.807) is 48.5 Å². The summed E-state index contributed by atoms with van der Waals surface area (Å²) in [5.41, 5.74) is 1.17. The minimum absolute atomic E-state index is 0.115. The molecule has 2 aliphatic heterocycles. The molecule has 0 aliphatic carbocycles. The van der Waals surface area contributed by atoms with Gasteiger partial charge in [-0.15, -0.1) is 0 Å². The molecule has 174 valence electrons. The van der Waals surface area contributed by atoms with Crippen LogP contribution in [-0.2, 0) is 19.3 Å². The highest BCUT2D eigenvalue weighted by Crippen LogP contribution is 2.27. The van der Waals surface area contributed by atoms with Crippen molar-refractivity contribution in [2.75, 3.05) is 26.4 Å². The summed E-state index contributed by atoms with van der Waals surface area (Å²) in [7, 11) is -3.65. The summed E-state index contributed by atoms with van der Waals surface area (Å²) in [5, 5.41) is 8.76. The predicted molar refractivity (Wildman–Crippen MR) is 122 cm³/mol. The van der Waals surface area contributed by atoms with Crippen LogP contribution in [0.25, 0.3) is 0 Å². The third kappa shape index (κ3) is 6.95. The molecule has 2 fully saturated rings. The minimum atomic E-state index is -3.65. The van der Waals surface area contributed by atoms with E-state index < -0.39 is 9.84 Å². The Bertz CT molecular complexity index is 1080. The van der Waals surface area contributed by atoms with Crippen LogP contribution in [0.2, 0.25) is 0 Å². The molecule has 33 heavy (non-hydrogen) atoms. The quantitative estimate of drug-likeness (QED) is 0.501. The number of ether oxygens (including phenoxy) is 4. The molecule has 2 aliphatic rings. The number of benzene rings is 3. The SMILES string of the molecule is Cc1ccc(O)cc1.O=S(=O)(c1cccc(OCC2CO2)c1)c1cccc(OCC2CO2)c1. The first-order valence-corrected chi connectivity index (χ1v) is 12.1. The maximum Gasteiger partial charge on any atom is 0.206 e. The second-order valence-corrected chi connectivity index (χ2v) is 9.77. The van der Waals surface area contributed by atoms with Crippen molar-refractivity contribution in [2.45, 2.75) is 28.9 Å². The number of epoxide rings is 2. The molecule has 0 aromatic heterocycles. The number of rotatable bonds is 8. The van der Waals surface area contributed by atoms with Gasteiger partial charge in [0.2, 0.25) is 9.84 Å². The third-order valence-corrected chi connectivity index (χ3v) is 6.69. The summed E-state index contributed by atoms with van der Waals surface area (Å²) in [6.45, 7) is 4.22. The highest BCUT2D eigenvalue weighted by molar-refractivity contribution is 7.91. The highest BCUT2D eigenvalue weighted by atomic mass is 32.2. The summed E-state index contributed by atoms with van der Waals surface area (Å²) in [6, 6.07) is 20.1. The zero-order valence-electron chi connectivity index (χ0n) is 18.2. The Morgan fingerprint density at radius 2 is 1.27 bits per heavy atom. The van der Waals surface area contributed by atoms with E-state index in [-0.39, 0.29) is 22.0 Å². The molecule has 2 heterocycles. The Hall–Kier alpha value is -3.07. The maximum absolute atomic E-state index is 12.9. The van der Waals surface area contributed by atoms with Gasteiger partial charge in [0.05, 0.1) is 23.0 Å². The summed E-state index contributed by atoms with van der Waals surface area (Å²) in [4.78, 5) is 0.369. The summed E-state index contributed by atoms with van der Waals surface area (Å²) in [6.07, 6.45) is 0.231. The molecule has 0 bridgehead atoms. The van der Waals surface area contributed by atoms with Crippen LogP contribution in [0.3, 0.4) is 0 Å². The molecule has 5 rings (SSSR count). The molecule has 2 unspecified atom stereocenters. The second-order valence-electron chi connectivity index (χ2n) is 7.82. The lowest BCUT2D eigenvalue weighted by molar-refractivity contribution is 0.262. The second kappa shape index (κ2) is 10.2.